The quantitative estimate of drug-likeness (QED) is 0.619. The number of ether oxygens (including phenoxy) is 1. The SMILES string of the molecule is C=CCOC(=O)NCCNC(=O)c1ccc(Cl)cc1. The summed E-state index contributed by atoms with van der Waals surface area (Å²) in [5.74, 6) is -0.224. The van der Waals surface area contributed by atoms with Crippen LogP contribution in [0.4, 0.5) is 4.79 Å². The van der Waals surface area contributed by atoms with Crippen LogP contribution in [0.5, 0.6) is 0 Å². The molecule has 2 N–H and O–H groups in total. The van der Waals surface area contributed by atoms with Gasteiger partial charge in [-0.1, -0.05) is 24.3 Å². The Labute approximate surface area is 116 Å². The maximum absolute atomic E-state index is 11.7. The molecule has 1 aromatic rings. The Morgan fingerprint density at radius 3 is 2.47 bits per heavy atom. The normalized spacial score (nSPS) is 9.53. The number of alkyl carbamates (subject to hydrolysis) is 1. The highest BCUT2D eigenvalue weighted by molar-refractivity contribution is 6.30. The lowest BCUT2D eigenvalue weighted by Gasteiger charge is -2.07. The second kappa shape index (κ2) is 8.16. The van der Waals surface area contributed by atoms with Gasteiger partial charge in [-0.15, -0.1) is 0 Å². The number of benzene rings is 1. The molecule has 0 unspecified atom stereocenters. The van der Waals surface area contributed by atoms with Crippen LogP contribution >= 0.6 is 11.6 Å². The Kier molecular flexibility index (Phi) is 6.46. The highest BCUT2D eigenvalue weighted by Crippen LogP contribution is 2.08. The van der Waals surface area contributed by atoms with Gasteiger partial charge >= 0.3 is 6.09 Å². The number of amides is 2. The summed E-state index contributed by atoms with van der Waals surface area (Å²) in [6, 6.07) is 6.54. The van der Waals surface area contributed by atoms with Crippen LogP contribution in [0, 0.1) is 0 Å². The van der Waals surface area contributed by atoms with Gasteiger partial charge in [-0.2, -0.15) is 0 Å². The van der Waals surface area contributed by atoms with Crippen LogP contribution in [0.3, 0.4) is 0 Å². The Balaban J connectivity index is 2.22. The summed E-state index contributed by atoms with van der Waals surface area (Å²) in [5.41, 5.74) is 0.513. The minimum atomic E-state index is -0.541. The highest BCUT2D eigenvalue weighted by atomic mass is 35.5. The summed E-state index contributed by atoms with van der Waals surface area (Å²) in [6.07, 6.45) is 0.933. The van der Waals surface area contributed by atoms with Gasteiger partial charge in [-0.25, -0.2) is 4.79 Å². The van der Waals surface area contributed by atoms with Crippen LogP contribution in [0.15, 0.2) is 36.9 Å². The average Bonchev–Trinajstić information content (AvgIpc) is 2.41. The van der Waals surface area contributed by atoms with E-state index in [9.17, 15) is 9.59 Å². The van der Waals surface area contributed by atoms with E-state index >= 15 is 0 Å². The summed E-state index contributed by atoms with van der Waals surface area (Å²) in [6.45, 7) is 4.17. The summed E-state index contributed by atoms with van der Waals surface area (Å²) >= 11 is 5.72. The largest absolute Gasteiger partial charge is 0.445 e. The van der Waals surface area contributed by atoms with Gasteiger partial charge in [0.1, 0.15) is 6.61 Å². The van der Waals surface area contributed by atoms with Crippen molar-refractivity contribution in [2.24, 2.45) is 0 Å². The van der Waals surface area contributed by atoms with Crippen molar-refractivity contribution in [3.8, 4) is 0 Å². The Morgan fingerprint density at radius 1 is 1.21 bits per heavy atom. The van der Waals surface area contributed by atoms with Gasteiger partial charge in [0.05, 0.1) is 0 Å². The monoisotopic (exact) mass is 282 g/mol. The fraction of sp³-hybridized carbons (Fsp3) is 0.231. The van der Waals surface area contributed by atoms with E-state index in [1.165, 1.54) is 6.08 Å². The van der Waals surface area contributed by atoms with Crippen molar-refractivity contribution in [3.05, 3.63) is 47.5 Å². The van der Waals surface area contributed by atoms with Crippen molar-refractivity contribution < 1.29 is 14.3 Å². The van der Waals surface area contributed by atoms with E-state index in [4.69, 9.17) is 16.3 Å². The van der Waals surface area contributed by atoms with Gasteiger partial charge in [-0.05, 0) is 24.3 Å². The van der Waals surface area contributed by atoms with Gasteiger partial charge in [0.2, 0.25) is 0 Å². The van der Waals surface area contributed by atoms with Crippen LogP contribution in [0.25, 0.3) is 0 Å². The molecule has 1 rings (SSSR count). The van der Waals surface area contributed by atoms with Crippen molar-refractivity contribution in [2.75, 3.05) is 19.7 Å². The van der Waals surface area contributed by atoms with E-state index in [1.807, 2.05) is 0 Å². The molecule has 0 spiro atoms. The van der Waals surface area contributed by atoms with Crippen molar-refractivity contribution in [2.45, 2.75) is 0 Å². The van der Waals surface area contributed by atoms with E-state index in [-0.39, 0.29) is 19.1 Å². The van der Waals surface area contributed by atoms with Gasteiger partial charge in [0.15, 0.2) is 0 Å². The molecule has 5 nitrogen and oxygen atoms in total. The summed E-state index contributed by atoms with van der Waals surface area (Å²) < 4.78 is 4.70. The summed E-state index contributed by atoms with van der Waals surface area (Å²) in [5, 5.41) is 5.72. The molecule has 0 aromatic heterocycles. The Morgan fingerprint density at radius 2 is 1.84 bits per heavy atom. The molecule has 0 saturated heterocycles. The molecule has 6 heteroatoms. The van der Waals surface area contributed by atoms with Crippen molar-refractivity contribution in [1.29, 1.82) is 0 Å². The van der Waals surface area contributed by atoms with E-state index < -0.39 is 6.09 Å². The summed E-state index contributed by atoms with van der Waals surface area (Å²) in [4.78, 5) is 22.7. The predicted molar refractivity (Wildman–Crippen MR) is 73.3 cm³/mol. The van der Waals surface area contributed by atoms with Crippen LogP contribution in [0.1, 0.15) is 10.4 Å². The van der Waals surface area contributed by atoms with Gasteiger partial charge in [0, 0.05) is 23.7 Å². The van der Waals surface area contributed by atoms with Crippen molar-refractivity contribution in [1.82, 2.24) is 10.6 Å². The molecule has 1 aromatic carbocycles. The number of carbonyl (C=O) groups excluding carboxylic acids is 2. The minimum absolute atomic E-state index is 0.156. The first-order valence-corrected chi connectivity index (χ1v) is 6.06. The zero-order valence-electron chi connectivity index (χ0n) is 10.3. The van der Waals surface area contributed by atoms with Crippen LogP contribution < -0.4 is 10.6 Å². The topological polar surface area (TPSA) is 67.4 Å². The first kappa shape index (κ1) is 15.0. The fourth-order valence-corrected chi connectivity index (χ4v) is 1.36. The molecule has 2 amide bonds. The number of hydrogen-bond donors (Lipinski definition) is 2. The van der Waals surface area contributed by atoms with E-state index in [2.05, 4.69) is 17.2 Å². The first-order valence-electron chi connectivity index (χ1n) is 5.69. The Hall–Kier alpha value is -2.01. The molecule has 19 heavy (non-hydrogen) atoms. The number of hydrogen-bond acceptors (Lipinski definition) is 3. The third-order valence-electron chi connectivity index (χ3n) is 2.12. The van der Waals surface area contributed by atoms with Crippen molar-refractivity contribution >= 4 is 23.6 Å². The van der Waals surface area contributed by atoms with E-state index in [0.717, 1.165) is 0 Å². The van der Waals surface area contributed by atoms with Crippen LogP contribution in [-0.4, -0.2) is 31.7 Å². The molecular weight excluding hydrogens is 268 g/mol. The molecule has 102 valence electrons. The number of rotatable bonds is 6. The molecule has 0 saturated carbocycles. The molecule has 0 bridgehead atoms. The average molecular weight is 283 g/mol. The lowest BCUT2D eigenvalue weighted by Crippen LogP contribution is -2.35. The number of nitrogens with one attached hydrogen (secondary N) is 2. The lowest BCUT2D eigenvalue weighted by molar-refractivity contribution is 0.0952. The molecular formula is C13H15ClN2O3. The van der Waals surface area contributed by atoms with Gasteiger partial charge < -0.3 is 15.4 Å². The highest BCUT2D eigenvalue weighted by Gasteiger charge is 2.04. The van der Waals surface area contributed by atoms with E-state index in [0.29, 0.717) is 17.1 Å². The molecule has 0 aliphatic rings. The fourth-order valence-electron chi connectivity index (χ4n) is 1.23. The molecule has 0 heterocycles. The predicted octanol–water partition coefficient (Wildman–Crippen LogP) is 1.98. The van der Waals surface area contributed by atoms with Gasteiger partial charge in [0.25, 0.3) is 5.91 Å². The molecule has 0 atom stereocenters. The minimum Gasteiger partial charge on any atom is -0.445 e. The molecule has 0 fully saturated rings. The third kappa shape index (κ3) is 5.92. The third-order valence-corrected chi connectivity index (χ3v) is 2.37. The second-order valence-corrected chi connectivity index (χ2v) is 4.01. The van der Waals surface area contributed by atoms with Crippen LogP contribution in [-0.2, 0) is 4.74 Å². The maximum Gasteiger partial charge on any atom is 0.407 e. The molecule has 0 radical (unpaired) electrons. The number of halogens is 1. The smallest absolute Gasteiger partial charge is 0.407 e. The van der Waals surface area contributed by atoms with E-state index in [1.54, 1.807) is 24.3 Å². The van der Waals surface area contributed by atoms with Crippen LogP contribution in [0.2, 0.25) is 5.02 Å². The van der Waals surface area contributed by atoms with Crippen molar-refractivity contribution in [3.63, 3.8) is 0 Å². The lowest BCUT2D eigenvalue weighted by atomic mass is 10.2. The second-order valence-electron chi connectivity index (χ2n) is 3.58. The number of carbonyl (C=O) groups is 2. The summed E-state index contributed by atoms with van der Waals surface area (Å²) in [7, 11) is 0. The zero-order valence-corrected chi connectivity index (χ0v) is 11.1. The maximum atomic E-state index is 11.7. The molecule has 0 aliphatic heterocycles. The standard InChI is InChI=1S/C13H15ClN2O3/c1-2-9-19-13(18)16-8-7-15-12(17)10-3-5-11(14)6-4-10/h2-6H,1,7-9H2,(H,15,17)(H,16,18). The molecule has 0 aliphatic carbocycles. The van der Waals surface area contributed by atoms with Gasteiger partial charge in [-0.3, -0.25) is 4.79 Å². The first-order chi connectivity index (χ1) is 9.13. The zero-order chi connectivity index (χ0) is 14.1. The Bertz CT molecular complexity index is 446.